The average Bonchev–Trinajstić information content (AvgIpc) is 3.08. The van der Waals surface area contributed by atoms with E-state index in [0.717, 1.165) is 17.6 Å². The van der Waals surface area contributed by atoms with Crippen molar-refractivity contribution in [1.29, 1.82) is 0 Å². The summed E-state index contributed by atoms with van der Waals surface area (Å²) in [5, 5.41) is 3.97. The Bertz CT molecular complexity index is 1110. The molecule has 0 spiro atoms. The van der Waals surface area contributed by atoms with Gasteiger partial charge in [-0.05, 0) is 37.1 Å². The van der Waals surface area contributed by atoms with Crippen molar-refractivity contribution >= 4 is 26.8 Å². The first-order chi connectivity index (χ1) is 13.5. The molecule has 1 atom stereocenters. The van der Waals surface area contributed by atoms with Gasteiger partial charge in [0, 0.05) is 29.7 Å². The summed E-state index contributed by atoms with van der Waals surface area (Å²) in [6.45, 7) is 2.68. The predicted molar refractivity (Wildman–Crippen MR) is 109 cm³/mol. The van der Waals surface area contributed by atoms with Crippen LogP contribution in [0.25, 0.3) is 10.9 Å². The summed E-state index contributed by atoms with van der Waals surface area (Å²) in [6.07, 6.45) is 0.777. The predicted octanol–water partition coefficient (Wildman–Crippen LogP) is 3.27. The van der Waals surface area contributed by atoms with Gasteiger partial charge in [-0.15, -0.1) is 0 Å². The van der Waals surface area contributed by atoms with E-state index in [2.05, 4.69) is 16.4 Å². The van der Waals surface area contributed by atoms with E-state index in [0.29, 0.717) is 6.54 Å². The number of fused-ring (bicyclic) bond motifs is 3. The first-order valence-electron chi connectivity index (χ1n) is 9.39. The molecule has 146 valence electrons. The number of hydrogen-bond acceptors (Lipinski definition) is 3. The minimum atomic E-state index is -3.41. The van der Waals surface area contributed by atoms with Crippen molar-refractivity contribution in [2.24, 2.45) is 0 Å². The molecule has 0 saturated carbocycles. The van der Waals surface area contributed by atoms with Gasteiger partial charge >= 0.3 is 6.03 Å². The number of aromatic nitrogens is 1. The zero-order chi connectivity index (χ0) is 19.7. The van der Waals surface area contributed by atoms with Gasteiger partial charge in [-0.25, -0.2) is 13.2 Å². The molecule has 0 bridgehead atoms. The lowest BCUT2D eigenvalue weighted by Gasteiger charge is -2.33. The van der Waals surface area contributed by atoms with Gasteiger partial charge in [0.05, 0.1) is 16.7 Å². The van der Waals surface area contributed by atoms with Gasteiger partial charge in [-0.3, -0.25) is 0 Å². The highest BCUT2D eigenvalue weighted by molar-refractivity contribution is 7.91. The zero-order valence-corrected chi connectivity index (χ0v) is 16.5. The Balaban J connectivity index is 1.42. The van der Waals surface area contributed by atoms with E-state index in [1.807, 2.05) is 25.1 Å². The van der Waals surface area contributed by atoms with Gasteiger partial charge in [-0.1, -0.05) is 36.4 Å². The van der Waals surface area contributed by atoms with Gasteiger partial charge in [0.1, 0.15) is 0 Å². The molecule has 2 amide bonds. The summed E-state index contributed by atoms with van der Waals surface area (Å²) in [5.74, 6) is -0.122. The fraction of sp³-hybridized carbons (Fsp3) is 0.286. The molecule has 0 unspecified atom stereocenters. The third-order valence-electron chi connectivity index (χ3n) is 5.34. The molecule has 2 heterocycles. The quantitative estimate of drug-likeness (QED) is 0.709. The molecule has 28 heavy (non-hydrogen) atoms. The number of carbonyl (C=O) groups excluding carboxylic acids is 1. The van der Waals surface area contributed by atoms with Gasteiger partial charge in [0.2, 0.25) is 0 Å². The topological polar surface area (TPSA) is 82.3 Å². The highest BCUT2D eigenvalue weighted by Crippen LogP contribution is 2.34. The average molecular weight is 398 g/mol. The molecular weight excluding hydrogens is 374 g/mol. The fourth-order valence-electron chi connectivity index (χ4n) is 3.85. The maximum atomic E-state index is 12.7. The number of sulfone groups is 1. The molecule has 0 radical (unpaired) electrons. The third-order valence-corrected chi connectivity index (χ3v) is 7.08. The number of amides is 2. The lowest BCUT2D eigenvalue weighted by molar-refractivity contribution is 0.174. The minimum Gasteiger partial charge on any atom is -0.356 e. The summed E-state index contributed by atoms with van der Waals surface area (Å²) in [6, 6.07) is 16.1. The molecule has 6 nitrogen and oxygen atoms in total. The highest BCUT2D eigenvalue weighted by atomic mass is 32.2. The summed E-state index contributed by atoms with van der Waals surface area (Å²) in [5.41, 5.74) is 3.40. The van der Waals surface area contributed by atoms with Crippen molar-refractivity contribution in [1.82, 2.24) is 15.2 Å². The first kappa shape index (κ1) is 18.6. The van der Waals surface area contributed by atoms with Crippen molar-refractivity contribution in [2.45, 2.75) is 24.3 Å². The molecule has 7 heteroatoms. The Morgan fingerprint density at radius 3 is 2.64 bits per heavy atom. The van der Waals surface area contributed by atoms with Crippen LogP contribution >= 0.6 is 0 Å². The van der Waals surface area contributed by atoms with Crippen LogP contribution in [0.4, 0.5) is 4.79 Å². The summed E-state index contributed by atoms with van der Waals surface area (Å²) < 4.78 is 24.7. The van der Waals surface area contributed by atoms with Crippen molar-refractivity contribution < 1.29 is 13.2 Å². The summed E-state index contributed by atoms with van der Waals surface area (Å²) in [7, 11) is -3.41. The van der Waals surface area contributed by atoms with E-state index < -0.39 is 9.84 Å². The Kier molecular flexibility index (Phi) is 4.85. The van der Waals surface area contributed by atoms with Crippen LogP contribution in [0.2, 0.25) is 0 Å². The van der Waals surface area contributed by atoms with E-state index in [4.69, 9.17) is 0 Å². The van der Waals surface area contributed by atoms with Crippen LogP contribution in [0.15, 0.2) is 59.5 Å². The van der Waals surface area contributed by atoms with Crippen LogP contribution in [0.3, 0.4) is 0 Å². The van der Waals surface area contributed by atoms with E-state index in [-0.39, 0.29) is 29.3 Å². The smallest absolute Gasteiger partial charge is 0.317 e. The maximum Gasteiger partial charge on any atom is 0.317 e. The standard InChI is InChI=1S/C21H23N3O3S/c1-15-20-18(17-9-5-6-10-19(17)23-20)11-13-24(15)21(25)22-12-14-28(26,27)16-7-3-2-4-8-16/h2-10,15,23H,11-14H2,1H3,(H,22,25)/t15-/m0/s1. The Morgan fingerprint density at radius 1 is 1.14 bits per heavy atom. The molecule has 4 rings (SSSR count). The van der Waals surface area contributed by atoms with Gasteiger partial charge in [0.15, 0.2) is 9.84 Å². The van der Waals surface area contributed by atoms with Gasteiger partial charge < -0.3 is 15.2 Å². The van der Waals surface area contributed by atoms with E-state index in [1.54, 1.807) is 35.2 Å². The fourth-order valence-corrected chi connectivity index (χ4v) is 5.02. The summed E-state index contributed by atoms with van der Waals surface area (Å²) in [4.78, 5) is 18.1. The van der Waals surface area contributed by atoms with Crippen LogP contribution in [-0.2, 0) is 16.3 Å². The number of hydrogen-bond donors (Lipinski definition) is 2. The number of urea groups is 1. The molecule has 1 aliphatic heterocycles. The molecule has 1 aliphatic rings. The highest BCUT2D eigenvalue weighted by Gasteiger charge is 2.30. The molecule has 0 aliphatic carbocycles. The number of nitrogens with one attached hydrogen (secondary N) is 2. The lowest BCUT2D eigenvalue weighted by Crippen LogP contribution is -2.45. The largest absolute Gasteiger partial charge is 0.356 e. The monoisotopic (exact) mass is 397 g/mol. The Hall–Kier alpha value is -2.80. The number of nitrogens with zero attached hydrogens (tertiary/aromatic N) is 1. The second-order valence-electron chi connectivity index (χ2n) is 7.05. The third kappa shape index (κ3) is 3.38. The number of rotatable bonds is 4. The number of benzene rings is 2. The maximum absolute atomic E-state index is 12.7. The second kappa shape index (κ2) is 7.31. The van der Waals surface area contributed by atoms with Crippen molar-refractivity contribution in [3.05, 3.63) is 65.9 Å². The van der Waals surface area contributed by atoms with Crippen molar-refractivity contribution in [3.63, 3.8) is 0 Å². The van der Waals surface area contributed by atoms with Gasteiger partial charge in [0.25, 0.3) is 0 Å². The number of para-hydroxylation sites is 1. The van der Waals surface area contributed by atoms with Gasteiger partial charge in [-0.2, -0.15) is 0 Å². The minimum absolute atomic E-state index is 0.0822. The molecule has 0 saturated heterocycles. The van der Waals surface area contributed by atoms with Crippen molar-refractivity contribution in [3.8, 4) is 0 Å². The second-order valence-corrected chi connectivity index (χ2v) is 9.16. The van der Waals surface area contributed by atoms with E-state index in [9.17, 15) is 13.2 Å². The summed E-state index contributed by atoms with van der Waals surface area (Å²) >= 11 is 0. The first-order valence-corrected chi connectivity index (χ1v) is 11.0. The Labute approximate surface area is 164 Å². The van der Waals surface area contributed by atoms with Crippen LogP contribution in [-0.4, -0.2) is 43.2 Å². The number of aromatic amines is 1. The van der Waals surface area contributed by atoms with Crippen LogP contribution in [0.5, 0.6) is 0 Å². The molecule has 2 N–H and O–H groups in total. The van der Waals surface area contributed by atoms with Crippen molar-refractivity contribution in [2.75, 3.05) is 18.8 Å². The molecular formula is C21H23N3O3S. The number of carbonyl (C=O) groups is 1. The SMILES string of the molecule is C[C@H]1c2[nH]c3ccccc3c2CCN1C(=O)NCCS(=O)(=O)c1ccccc1. The lowest BCUT2D eigenvalue weighted by atomic mass is 9.99. The molecule has 0 fully saturated rings. The zero-order valence-electron chi connectivity index (χ0n) is 15.7. The van der Waals surface area contributed by atoms with E-state index in [1.165, 1.54) is 10.9 Å². The molecule has 3 aromatic rings. The number of H-pyrrole nitrogens is 1. The van der Waals surface area contributed by atoms with Crippen LogP contribution in [0, 0.1) is 0 Å². The van der Waals surface area contributed by atoms with E-state index >= 15 is 0 Å². The molecule has 1 aromatic heterocycles. The molecule has 2 aromatic carbocycles. The Morgan fingerprint density at radius 2 is 1.86 bits per heavy atom. The normalized spacial score (nSPS) is 16.8. The van der Waals surface area contributed by atoms with Crippen LogP contribution < -0.4 is 5.32 Å². The van der Waals surface area contributed by atoms with Crippen LogP contribution in [0.1, 0.15) is 24.2 Å².